The number of hydrogen-bond acceptors (Lipinski definition) is 5. The van der Waals surface area contributed by atoms with Crippen LogP contribution in [-0.2, 0) is 4.79 Å². The Labute approximate surface area is 126 Å². The van der Waals surface area contributed by atoms with Gasteiger partial charge in [-0.3, -0.25) is 9.78 Å². The van der Waals surface area contributed by atoms with Gasteiger partial charge in [-0.1, -0.05) is 13.8 Å². The first-order valence-corrected chi connectivity index (χ1v) is 7.39. The van der Waals surface area contributed by atoms with E-state index in [-0.39, 0.29) is 12.0 Å². The molecule has 1 aliphatic rings. The molecule has 0 aromatic carbocycles. The van der Waals surface area contributed by atoms with Gasteiger partial charge in [-0.15, -0.1) is 0 Å². The monoisotopic (exact) mass is 292 g/mol. The molecule has 6 heteroatoms. The summed E-state index contributed by atoms with van der Waals surface area (Å²) < 4.78 is 5.86. The molecule has 1 saturated heterocycles. The highest BCUT2D eigenvalue weighted by Crippen LogP contribution is 2.19. The van der Waals surface area contributed by atoms with Gasteiger partial charge in [0, 0.05) is 33.5 Å². The zero-order valence-corrected chi connectivity index (χ0v) is 13.2. The highest BCUT2D eigenvalue weighted by molar-refractivity contribution is 5.76. The summed E-state index contributed by atoms with van der Waals surface area (Å²) >= 11 is 0. The molecule has 0 bridgehead atoms. The molecule has 6 nitrogen and oxygen atoms in total. The maximum absolute atomic E-state index is 12.0. The molecule has 21 heavy (non-hydrogen) atoms. The zero-order valence-electron chi connectivity index (χ0n) is 13.2. The average molecular weight is 292 g/mol. The van der Waals surface area contributed by atoms with Crippen LogP contribution < -0.4 is 9.64 Å². The van der Waals surface area contributed by atoms with Crippen molar-refractivity contribution in [1.29, 1.82) is 0 Å². The van der Waals surface area contributed by atoms with Gasteiger partial charge in [-0.2, -0.15) is 4.98 Å². The second-order valence-electron chi connectivity index (χ2n) is 6.08. The third-order valence-corrected chi connectivity index (χ3v) is 3.43. The first-order chi connectivity index (χ1) is 9.95. The van der Waals surface area contributed by atoms with Crippen molar-refractivity contribution in [2.45, 2.75) is 32.8 Å². The van der Waals surface area contributed by atoms with E-state index < -0.39 is 0 Å². The topological polar surface area (TPSA) is 58.6 Å². The molecular weight excluding hydrogens is 268 g/mol. The number of rotatable bonds is 5. The van der Waals surface area contributed by atoms with Gasteiger partial charge in [-0.25, -0.2) is 0 Å². The normalized spacial score (nSPS) is 18.1. The predicted octanol–water partition coefficient (Wildman–Crippen LogP) is 1.57. The number of carbonyl (C=O) groups excluding carboxylic acids is 1. The highest BCUT2D eigenvalue weighted by Gasteiger charge is 2.28. The lowest BCUT2D eigenvalue weighted by Crippen LogP contribution is -2.31. The largest absolute Gasteiger partial charge is 0.471 e. The Morgan fingerprint density at radius 1 is 1.48 bits per heavy atom. The SMILES string of the molecule is CC(C)CC(=O)N1CCC(Oc2cncc(N(C)C)n2)C1. The Bertz CT molecular complexity index is 490. The number of hydrogen-bond donors (Lipinski definition) is 0. The third-order valence-electron chi connectivity index (χ3n) is 3.43. The average Bonchev–Trinajstić information content (AvgIpc) is 2.87. The summed E-state index contributed by atoms with van der Waals surface area (Å²) in [6.07, 6.45) is 4.76. The molecule has 1 aromatic heterocycles. The summed E-state index contributed by atoms with van der Waals surface area (Å²) in [6, 6.07) is 0. The van der Waals surface area contributed by atoms with E-state index in [1.165, 1.54) is 0 Å². The number of nitrogens with zero attached hydrogens (tertiary/aromatic N) is 4. The van der Waals surface area contributed by atoms with Crippen molar-refractivity contribution in [1.82, 2.24) is 14.9 Å². The molecular formula is C15H24N4O2. The van der Waals surface area contributed by atoms with Gasteiger partial charge in [0.05, 0.1) is 18.9 Å². The standard InChI is InChI=1S/C15H24N4O2/c1-11(2)7-15(20)19-6-5-12(10-19)21-14-9-16-8-13(17-14)18(3)4/h8-9,11-12H,5-7,10H2,1-4H3. The fourth-order valence-electron chi connectivity index (χ4n) is 2.31. The maximum atomic E-state index is 12.0. The molecule has 0 N–H and O–H groups in total. The molecule has 116 valence electrons. The molecule has 1 aromatic rings. The molecule has 1 fully saturated rings. The van der Waals surface area contributed by atoms with Crippen LogP contribution in [0.2, 0.25) is 0 Å². The zero-order chi connectivity index (χ0) is 15.4. The smallest absolute Gasteiger partial charge is 0.234 e. The molecule has 0 saturated carbocycles. The quantitative estimate of drug-likeness (QED) is 0.824. The molecule has 1 unspecified atom stereocenters. The molecule has 0 radical (unpaired) electrons. The van der Waals surface area contributed by atoms with E-state index in [1.54, 1.807) is 12.4 Å². The minimum absolute atomic E-state index is 0.00724. The number of carbonyl (C=O) groups is 1. The van der Waals surface area contributed by atoms with Crippen molar-refractivity contribution in [3.63, 3.8) is 0 Å². The number of likely N-dealkylation sites (tertiary alicyclic amines) is 1. The molecule has 1 atom stereocenters. The van der Waals surface area contributed by atoms with Gasteiger partial charge >= 0.3 is 0 Å². The second kappa shape index (κ2) is 6.74. The van der Waals surface area contributed by atoms with Crippen LogP contribution in [0.25, 0.3) is 0 Å². The van der Waals surface area contributed by atoms with E-state index in [0.717, 1.165) is 18.8 Å². The lowest BCUT2D eigenvalue weighted by atomic mass is 10.1. The summed E-state index contributed by atoms with van der Waals surface area (Å²) in [6.45, 7) is 5.52. The predicted molar refractivity (Wildman–Crippen MR) is 81.4 cm³/mol. The fourth-order valence-corrected chi connectivity index (χ4v) is 2.31. The van der Waals surface area contributed by atoms with E-state index in [9.17, 15) is 4.79 Å². The van der Waals surface area contributed by atoms with Gasteiger partial charge < -0.3 is 14.5 Å². The van der Waals surface area contributed by atoms with Crippen molar-refractivity contribution in [2.24, 2.45) is 5.92 Å². The van der Waals surface area contributed by atoms with Crippen molar-refractivity contribution >= 4 is 11.7 Å². The molecule has 2 rings (SSSR count). The van der Waals surface area contributed by atoms with Crippen LogP contribution in [0.3, 0.4) is 0 Å². The second-order valence-corrected chi connectivity index (χ2v) is 6.08. The number of anilines is 1. The third kappa shape index (κ3) is 4.31. The van der Waals surface area contributed by atoms with Crippen molar-refractivity contribution in [2.75, 3.05) is 32.1 Å². The van der Waals surface area contributed by atoms with Gasteiger partial charge in [0.1, 0.15) is 6.10 Å². The Balaban J connectivity index is 1.90. The summed E-state index contributed by atoms with van der Waals surface area (Å²) in [5.41, 5.74) is 0. The summed E-state index contributed by atoms with van der Waals surface area (Å²) in [5.74, 6) is 1.88. The minimum atomic E-state index is 0.00724. The molecule has 0 aliphatic carbocycles. The minimum Gasteiger partial charge on any atom is -0.471 e. The highest BCUT2D eigenvalue weighted by atomic mass is 16.5. The van der Waals surface area contributed by atoms with Crippen LogP contribution in [0.4, 0.5) is 5.82 Å². The van der Waals surface area contributed by atoms with Crippen LogP contribution in [0, 0.1) is 5.92 Å². The summed E-state index contributed by atoms with van der Waals surface area (Å²) in [7, 11) is 3.82. The molecule has 2 heterocycles. The molecule has 1 amide bonds. The van der Waals surface area contributed by atoms with Gasteiger partial charge in [-0.05, 0) is 5.92 Å². The van der Waals surface area contributed by atoms with Crippen molar-refractivity contribution < 1.29 is 9.53 Å². The van der Waals surface area contributed by atoms with Crippen LogP contribution in [0.15, 0.2) is 12.4 Å². The lowest BCUT2D eigenvalue weighted by molar-refractivity contribution is -0.131. The van der Waals surface area contributed by atoms with Crippen LogP contribution in [-0.4, -0.2) is 54.1 Å². The Hall–Kier alpha value is -1.85. The van der Waals surface area contributed by atoms with Crippen LogP contribution in [0.5, 0.6) is 5.88 Å². The van der Waals surface area contributed by atoms with E-state index >= 15 is 0 Å². The molecule has 0 spiro atoms. The Kier molecular flexibility index (Phi) is 4.98. The Morgan fingerprint density at radius 3 is 2.90 bits per heavy atom. The molecule has 1 aliphatic heterocycles. The van der Waals surface area contributed by atoms with E-state index in [2.05, 4.69) is 23.8 Å². The fraction of sp³-hybridized carbons (Fsp3) is 0.667. The van der Waals surface area contributed by atoms with E-state index in [4.69, 9.17) is 4.74 Å². The van der Waals surface area contributed by atoms with Gasteiger partial charge in [0.2, 0.25) is 11.8 Å². The van der Waals surface area contributed by atoms with Crippen LogP contribution >= 0.6 is 0 Å². The van der Waals surface area contributed by atoms with Gasteiger partial charge in [0.15, 0.2) is 5.82 Å². The Morgan fingerprint density at radius 2 is 2.24 bits per heavy atom. The number of aromatic nitrogens is 2. The van der Waals surface area contributed by atoms with E-state index in [1.807, 2.05) is 23.9 Å². The summed E-state index contributed by atoms with van der Waals surface area (Å²) in [4.78, 5) is 24.3. The number of ether oxygens (including phenoxy) is 1. The first-order valence-electron chi connectivity index (χ1n) is 7.39. The van der Waals surface area contributed by atoms with Crippen molar-refractivity contribution in [3.05, 3.63) is 12.4 Å². The maximum Gasteiger partial charge on any atom is 0.234 e. The summed E-state index contributed by atoms with van der Waals surface area (Å²) in [5, 5.41) is 0. The first kappa shape index (κ1) is 15.5. The lowest BCUT2D eigenvalue weighted by Gasteiger charge is -2.18. The van der Waals surface area contributed by atoms with Crippen LogP contribution in [0.1, 0.15) is 26.7 Å². The van der Waals surface area contributed by atoms with Gasteiger partial charge in [0.25, 0.3) is 0 Å². The van der Waals surface area contributed by atoms with E-state index in [0.29, 0.717) is 24.8 Å². The van der Waals surface area contributed by atoms with Crippen molar-refractivity contribution in [3.8, 4) is 5.88 Å². The number of amides is 1.